The summed E-state index contributed by atoms with van der Waals surface area (Å²) in [5.41, 5.74) is 1.71. The minimum absolute atomic E-state index is 0.188. The Hall–Kier alpha value is -2.82. The first-order chi connectivity index (χ1) is 14.8. The molecule has 2 aromatic carbocycles. The third kappa shape index (κ3) is 4.76. The van der Waals surface area contributed by atoms with E-state index in [0.717, 1.165) is 41.0 Å². The summed E-state index contributed by atoms with van der Waals surface area (Å²) < 4.78 is 36.2. The minimum atomic E-state index is -3.49. The highest BCUT2D eigenvalue weighted by Gasteiger charge is 2.22. The van der Waals surface area contributed by atoms with Crippen molar-refractivity contribution in [2.75, 3.05) is 52.4 Å². The number of nitrogens with one attached hydrogen (secondary N) is 1. The number of amides is 2. The second kappa shape index (κ2) is 8.74. The van der Waals surface area contributed by atoms with Gasteiger partial charge in [0.25, 0.3) is 0 Å². The number of hydrogen-bond acceptors (Lipinski definition) is 6. The SMILES string of the molecule is CN(C)S(=O)(=O)c1ccc(NC(=O)N2CCN(Cc3ccc4c(c3)OCO4)CC2)cc1. The molecule has 0 aliphatic carbocycles. The van der Waals surface area contributed by atoms with Gasteiger partial charge in [0.15, 0.2) is 11.5 Å². The van der Waals surface area contributed by atoms with Gasteiger partial charge in [0.05, 0.1) is 4.90 Å². The molecule has 166 valence electrons. The van der Waals surface area contributed by atoms with Crippen LogP contribution >= 0.6 is 0 Å². The summed E-state index contributed by atoms with van der Waals surface area (Å²) in [4.78, 5) is 16.8. The van der Waals surface area contributed by atoms with Crippen molar-refractivity contribution in [3.8, 4) is 11.5 Å². The van der Waals surface area contributed by atoms with E-state index in [1.54, 1.807) is 17.0 Å². The molecular formula is C21H26N4O5S. The number of urea groups is 1. The summed E-state index contributed by atoms with van der Waals surface area (Å²) >= 11 is 0. The van der Waals surface area contributed by atoms with Gasteiger partial charge in [0.2, 0.25) is 16.8 Å². The van der Waals surface area contributed by atoms with E-state index >= 15 is 0 Å². The Bertz CT molecular complexity index is 1050. The van der Waals surface area contributed by atoms with Gasteiger partial charge in [0, 0.05) is 52.5 Å². The first-order valence-corrected chi connectivity index (χ1v) is 11.5. The molecule has 31 heavy (non-hydrogen) atoms. The fourth-order valence-electron chi connectivity index (χ4n) is 3.53. The van der Waals surface area contributed by atoms with Crippen LogP contribution in [0.15, 0.2) is 47.4 Å². The molecule has 2 amide bonds. The van der Waals surface area contributed by atoms with Crippen LogP contribution in [0.2, 0.25) is 0 Å². The van der Waals surface area contributed by atoms with Crippen molar-refractivity contribution < 1.29 is 22.7 Å². The van der Waals surface area contributed by atoms with Crippen LogP contribution < -0.4 is 14.8 Å². The number of sulfonamides is 1. The topological polar surface area (TPSA) is 91.4 Å². The number of rotatable bonds is 5. The number of fused-ring (bicyclic) bond motifs is 1. The molecule has 9 nitrogen and oxygen atoms in total. The fourth-order valence-corrected chi connectivity index (χ4v) is 4.43. The molecule has 0 unspecified atom stereocenters. The Morgan fingerprint density at radius 2 is 1.68 bits per heavy atom. The van der Waals surface area contributed by atoms with Crippen molar-refractivity contribution in [1.29, 1.82) is 0 Å². The fraction of sp³-hybridized carbons (Fsp3) is 0.381. The lowest BCUT2D eigenvalue weighted by molar-refractivity contribution is 0.143. The molecule has 0 bridgehead atoms. The number of carbonyl (C=O) groups is 1. The quantitative estimate of drug-likeness (QED) is 0.756. The number of nitrogens with zero attached hydrogens (tertiary/aromatic N) is 3. The summed E-state index contributed by atoms with van der Waals surface area (Å²) in [6.07, 6.45) is 0. The third-order valence-electron chi connectivity index (χ3n) is 5.39. The Morgan fingerprint density at radius 1 is 1.00 bits per heavy atom. The number of benzene rings is 2. The van der Waals surface area contributed by atoms with Gasteiger partial charge in [-0.2, -0.15) is 0 Å². The van der Waals surface area contributed by atoms with E-state index in [1.165, 1.54) is 26.2 Å². The first kappa shape index (κ1) is 21.4. The Morgan fingerprint density at radius 3 is 2.35 bits per heavy atom. The molecule has 1 N–H and O–H groups in total. The Kier molecular flexibility index (Phi) is 6.03. The Balaban J connectivity index is 1.28. The van der Waals surface area contributed by atoms with Crippen molar-refractivity contribution in [2.45, 2.75) is 11.4 Å². The maximum atomic E-state index is 12.6. The third-order valence-corrected chi connectivity index (χ3v) is 7.22. The molecule has 2 aromatic rings. The molecule has 0 saturated carbocycles. The summed E-state index contributed by atoms with van der Waals surface area (Å²) in [7, 11) is -0.522. The molecule has 0 radical (unpaired) electrons. The van der Waals surface area contributed by atoms with Gasteiger partial charge in [-0.05, 0) is 42.0 Å². The number of ether oxygens (including phenoxy) is 2. The number of anilines is 1. The van der Waals surface area contributed by atoms with Crippen molar-refractivity contribution in [3.05, 3.63) is 48.0 Å². The molecule has 0 spiro atoms. The maximum Gasteiger partial charge on any atom is 0.321 e. The summed E-state index contributed by atoms with van der Waals surface area (Å²) in [6, 6.07) is 12.0. The summed E-state index contributed by atoms with van der Waals surface area (Å²) in [6.45, 7) is 3.81. The smallest absolute Gasteiger partial charge is 0.321 e. The molecule has 4 rings (SSSR count). The van der Waals surface area contributed by atoms with Crippen LogP contribution in [0.3, 0.4) is 0 Å². The largest absolute Gasteiger partial charge is 0.454 e. The standard InChI is InChI=1S/C21H26N4O5S/c1-23(2)31(27,28)18-6-4-17(5-7-18)22-21(26)25-11-9-24(10-12-25)14-16-3-8-19-20(13-16)30-15-29-19/h3-8,13H,9-12,14-15H2,1-2H3,(H,22,26). The highest BCUT2D eigenvalue weighted by atomic mass is 32.2. The molecule has 1 fully saturated rings. The highest BCUT2D eigenvalue weighted by Crippen LogP contribution is 2.32. The minimum Gasteiger partial charge on any atom is -0.454 e. The first-order valence-electron chi connectivity index (χ1n) is 10.0. The summed E-state index contributed by atoms with van der Waals surface area (Å²) in [5, 5.41) is 2.84. The lowest BCUT2D eigenvalue weighted by atomic mass is 10.1. The lowest BCUT2D eigenvalue weighted by Gasteiger charge is -2.34. The zero-order chi connectivity index (χ0) is 22.0. The van der Waals surface area contributed by atoms with Crippen molar-refractivity contribution in [3.63, 3.8) is 0 Å². The van der Waals surface area contributed by atoms with E-state index in [0.29, 0.717) is 18.8 Å². The number of hydrogen-bond donors (Lipinski definition) is 1. The van der Waals surface area contributed by atoms with Crippen molar-refractivity contribution in [2.24, 2.45) is 0 Å². The second-order valence-corrected chi connectivity index (χ2v) is 9.84. The van der Waals surface area contributed by atoms with E-state index in [2.05, 4.69) is 10.2 Å². The molecule has 0 atom stereocenters. The van der Waals surface area contributed by atoms with E-state index in [-0.39, 0.29) is 17.7 Å². The van der Waals surface area contributed by atoms with Gasteiger partial charge in [-0.15, -0.1) is 0 Å². The zero-order valence-electron chi connectivity index (χ0n) is 17.6. The van der Waals surface area contributed by atoms with Crippen LogP contribution in [-0.4, -0.2) is 75.6 Å². The van der Waals surface area contributed by atoms with Crippen molar-refractivity contribution in [1.82, 2.24) is 14.1 Å². The predicted octanol–water partition coefficient (Wildman–Crippen LogP) is 2.02. The van der Waals surface area contributed by atoms with Crippen LogP contribution in [0.1, 0.15) is 5.56 Å². The van der Waals surface area contributed by atoms with Gasteiger partial charge in [-0.1, -0.05) is 6.07 Å². The normalized spacial score (nSPS) is 16.5. The lowest BCUT2D eigenvalue weighted by Crippen LogP contribution is -2.49. The van der Waals surface area contributed by atoms with Gasteiger partial charge in [-0.25, -0.2) is 17.5 Å². The highest BCUT2D eigenvalue weighted by molar-refractivity contribution is 7.89. The molecule has 2 heterocycles. The molecule has 2 aliphatic heterocycles. The van der Waals surface area contributed by atoms with Gasteiger partial charge < -0.3 is 19.7 Å². The molecule has 1 saturated heterocycles. The van der Waals surface area contributed by atoms with Crippen LogP contribution in [0.25, 0.3) is 0 Å². The van der Waals surface area contributed by atoms with E-state index < -0.39 is 10.0 Å². The van der Waals surface area contributed by atoms with Gasteiger partial charge in [-0.3, -0.25) is 4.90 Å². The average molecular weight is 447 g/mol. The second-order valence-electron chi connectivity index (χ2n) is 7.69. The monoisotopic (exact) mass is 446 g/mol. The number of piperazine rings is 1. The van der Waals surface area contributed by atoms with Gasteiger partial charge >= 0.3 is 6.03 Å². The molecule has 0 aromatic heterocycles. The van der Waals surface area contributed by atoms with Crippen LogP contribution in [0, 0.1) is 0 Å². The number of carbonyl (C=O) groups excluding carboxylic acids is 1. The van der Waals surface area contributed by atoms with E-state index in [9.17, 15) is 13.2 Å². The zero-order valence-corrected chi connectivity index (χ0v) is 18.4. The van der Waals surface area contributed by atoms with Crippen LogP contribution in [0.4, 0.5) is 10.5 Å². The van der Waals surface area contributed by atoms with Crippen LogP contribution in [0.5, 0.6) is 11.5 Å². The van der Waals surface area contributed by atoms with Crippen molar-refractivity contribution >= 4 is 21.7 Å². The van der Waals surface area contributed by atoms with Gasteiger partial charge in [0.1, 0.15) is 0 Å². The predicted molar refractivity (Wildman–Crippen MR) is 116 cm³/mol. The Labute approximate surface area is 182 Å². The van der Waals surface area contributed by atoms with Crippen LogP contribution in [-0.2, 0) is 16.6 Å². The molecule has 10 heteroatoms. The molecular weight excluding hydrogens is 420 g/mol. The molecule has 2 aliphatic rings. The average Bonchev–Trinajstić information content (AvgIpc) is 3.22. The summed E-state index contributed by atoms with van der Waals surface area (Å²) in [5.74, 6) is 1.55. The van der Waals surface area contributed by atoms with E-state index in [4.69, 9.17) is 9.47 Å². The maximum absolute atomic E-state index is 12.6. The van der Waals surface area contributed by atoms with E-state index in [1.807, 2.05) is 18.2 Å².